The van der Waals surface area contributed by atoms with Gasteiger partial charge in [0.2, 0.25) is 5.95 Å². The number of nitrogens with zero attached hydrogens (tertiary/aromatic N) is 3. The van der Waals surface area contributed by atoms with Crippen molar-refractivity contribution in [3.63, 3.8) is 0 Å². The Bertz CT molecular complexity index is 794. The van der Waals surface area contributed by atoms with Crippen molar-refractivity contribution in [3.8, 4) is 0 Å². The monoisotopic (exact) mass is 280 g/mol. The molecule has 0 aliphatic heterocycles. The van der Waals surface area contributed by atoms with Crippen LogP contribution in [-0.4, -0.2) is 26.0 Å². The zero-order chi connectivity index (χ0) is 14.2. The van der Waals surface area contributed by atoms with Crippen LogP contribution in [0.4, 0.5) is 11.8 Å². The number of rotatable bonds is 2. The van der Waals surface area contributed by atoms with Crippen molar-refractivity contribution in [2.24, 2.45) is 0 Å². The second-order valence-corrected chi connectivity index (χ2v) is 5.38. The summed E-state index contributed by atoms with van der Waals surface area (Å²) in [6.45, 7) is 0. The SMILES string of the molecule is Nc1nc(NC2CCc3ccccc3C2)c2[nH]cnc2n1. The number of aromatic amines is 1. The molecule has 0 saturated heterocycles. The molecule has 0 fully saturated rings. The van der Waals surface area contributed by atoms with Gasteiger partial charge in [0.15, 0.2) is 11.5 Å². The molecule has 6 heteroatoms. The molecular formula is C15H16N6. The highest BCUT2D eigenvalue weighted by Crippen LogP contribution is 2.25. The van der Waals surface area contributed by atoms with Crippen LogP contribution in [0.25, 0.3) is 11.2 Å². The first-order valence-electron chi connectivity index (χ1n) is 7.09. The van der Waals surface area contributed by atoms with E-state index in [9.17, 15) is 0 Å². The summed E-state index contributed by atoms with van der Waals surface area (Å²) in [5.41, 5.74) is 10.0. The van der Waals surface area contributed by atoms with Crippen LogP contribution in [0.1, 0.15) is 17.5 Å². The van der Waals surface area contributed by atoms with Gasteiger partial charge >= 0.3 is 0 Å². The van der Waals surface area contributed by atoms with E-state index in [-0.39, 0.29) is 5.95 Å². The normalized spacial score (nSPS) is 17.6. The van der Waals surface area contributed by atoms with Gasteiger partial charge in [-0.3, -0.25) is 0 Å². The third kappa shape index (κ3) is 2.18. The van der Waals surface area contributed by atoms with E-state index < -0.39 is 0 Å². The Hall–Kier alpha value is -2.63. The summed E-state index contributed by atoms with van der Waals surface area (Å²) in [7, 11) is 0. The van der Waals surface area contributed by atoms with E-state index in [0.29, 0.717) is 11.7 Å². The molecule has 4 N–H and O–H groups in total. The number of H-pyrrole nitrogens is 1. The van der Waals surface area contributed by atoms with Crippen molar-refractivity contribution in [3.05, 3.63) is 41.7 Å². The number of nitrogens with two attached hydrogens (primary N) is 1. The van der Waals surface area contributed by atoms with Gasteiger partial charge in [0.05, 0.1) is 6.33 Å². The molecule has 0 radical (unpaired) electrons. The number of nitrogens with one attached hydrogen (secondary N) is 2. The van der Waals surface area contributed by atoms with E-state index in [1.165, 1.54) is 11.1 Å². The molecule has 106 valence electrons. The Kier molecular flexibility index (Phi) is 2.73. The van der Waals surface area contributed by atoms with E-state index in [1.54, 1.807) is 6.33 Å². The largest absolute Gasteiger partial charge is 0.368 e. The Balaban J connectivity index is 1.63. The summed E-state index contributed by atoms with van der Waals surface area (Å²) in [5, 5.41) is 3.49. The lowest BCUT2D eigenvalue weighted by atomic mass is 9.88. The predicted octanol–water partition coefficient (Wildman–Crippen LogP) is 1.90. The molecule has 0 bridgehead atoms. The van der Waals surface area contributed by atoms with Gasteiger partial charge in [0.1, 0.15) is 5.52 Å². The van der Waals surface area contributed by atoms with E-state index in [2.05, 4.69) is 49.5 Å². The second-order valence-electron chi connectivity index (χ2n) is 5.38. The molecule has 1 aliphatic carbocycles. The summed E-state index contributed by atoms with van der Waals surface area (Å²) in [6.07, 6.45) is 4.77. The molecular weight excluding hydrogens is 264 g/mol. The average molecular weight is 280 g/mol. The zero-order valence-corrected chi connectivity index (χ0v) is 11.5. The van der Waals surface area contributed by atoms with Crippen LogP contribution in [0.15, 0.2) is 30.6 Å². The highest BCUT2D eigenvalue weighted by Gasteiger charge is 2.20. The maximum Gasteiger partial charge on any atom is 0.224 e. The number of aromatic nitrogens is 4. The van der Waals surface area contributed by atoms with Gasteiger partial charge in [-0.15, -0.1) is 0 Å². The summed E-state index contributed by atoms with van der Waals surface area (Å²) in [6, 6.07) is 8.95. The maximum absolute atomic E-state index is 5.75. The smallest absolute Gasteiger partial charge is 0.224 e. The molecule has 4 rings (SSSR count). The van der Waals surface area contributed by atoms with Gasteiger partial charge in [-0.1, -0.05) is 24.3 Å². The Morgan fingerprint density at radius 2 is 2.05 bits per heavy atom. The molecule has 1 aliphatic rings. The summed E-state index contributed by atoms with van der Waals surface area (Å²) in [5.74, 6) is 0.979. The number of anilines is 2. The number of hydrogen-bond donors (Lipinski definition) is 3. The minimum absolute atomic E-state index is 0.244. The molecule has 2 aromatic heterocycles. The summed E-state index contributed by atoms with van der Waals surface area (Å²) in [4.78, 5) is 15.6. The first-order valence-corrected chi connectivity index (χ1v) is 7.09. The van der Waals surface area contributed by atoms with Crippen LogP contribution >= 0.6 is 0 Å². The summed E-state index contributed by atoms with van der Waals surface area (Å²) >= 11 is 0. The standard InChI is InChI=1S/C15H16N6/c16-15-20-13-12(17-8-18-13)14(21-15)19-11-6-5-9-3-1-2-4-10(9)7-11/h1-4,8,11H,5-7H2,(H4,16,17,18,19,20,21). The minimum Gasteiger partial charge on any atom is -0.368 e. The fraction of sp³-hybridized carbons (Fsp3) is 0.267. The number of benzene rings is 1. The van der Waals surface area contributed by atoms with Crippen molar-refractivity contribution in [1.29, 1.82) is 0 Å². The molecule has 3 aromatic rings. The first-order chi connectivity index (χ1) is 10.3. The third-order valence-electron chi connectivity index (χ3n) is 3.99. The predicted molar refractivity (Wildman–Crippen MR) is 82.0 cm³/mol. The van der Waals surface area contributed by atoms with Crippen LogP contribution in [0, 0.1) is 0 Å². The molecule has 1 atom stereocenters. The second kappa shape index (κ2) is 4.73. The zero-order valence-electron chi connectivity index (χ0n) is 11.5. The van der Waals surface area contributed by atoms with Crippen LogP contribution in [0.3, 0.4) is 0 Å². The number of aryl methyl sites for hydroxylation is 1. The van der Waals surface area contributed by atoms with Crippen LogP contribution in [0.2, 0.25) is 0 Å². The van der Waals surface area contributed by atoms with E-state index in [1.807, 2.05) is 0 Å². The Morgan fingerprint density at radius 1 is 1.19 bits per heavy atom. The molecule has 21 heavy (non-hydrogen) atoms. The molecule has 1 aromatic carbocycles. The molecule has 0 saturated carbocycles. The van der Waals surface area contributed by atoms with Crippen molar-refractivity contribution < 1.29 is 0 Å². The van der Waals surface area contributed by atoms with Crippen molar-refractivity contribution >= 4 is 22.9 Å². The van der Waals surface area contributed by atoms with Crippen molar-refractivity contribution in [2.45, 2.75) is 25.3 Å². The van der Waals surface area contributed by atoms with Gasteiger partial charge < -0.3 is 16.0 Å². The van der Waals surface area contributed by atoms with E-state index in [4.69, 9.17) is 5.73 Å². The van der Waals surface area contributed by atoms with Gasteiger partial charge in [-0.2, -0.15) is 9.97 Å². The van der Waals surface area contributed by atoms with Gasteiger partial charge in [0, 0.05) is 6.04 Å². The highest BCUT2D eigenvalue weighted by molar-refractivity contribution is 5.83. The Labute approximate surface area is 121 Å². The first kappa shape index (κ1) is 12.1. The summed E-state index contributed by atoms with van der Waals surface area (Å²) < 4.78 is 0. The van der Waals surface area contributed by atoms with Gasteiger partial charge in [-0.05, 0) is 30.4 Å². The van der Waals surface area contributed by atoms with Gasteiger partial charge in [-0.25, -0.2) is 4.98 Å². The molecule has 0 spiro atoms. The number of imidazole rings is 1. The highest BCUT2D eigenvalue weighted by atomic mass is 15.1. The minimum atomic E-state index is 0.244. The number of fused-ring (bicyclic) bond motifs is 2. The maximum atomic E-state index is 5.75. The number of nitrogen functional groups attached to an aromatic ring is 1. The molecule has 1 unspecified atom stereocenters. The van der Waals surface area contributed by atoms with Crippen molar-refractivity contribution in [2.75, 3.05) is 11.1 Å². The van der Waals surface area contributed by atoms with Crippen molar-refractivity contribution in [1.82, 2.24) is 19.9 Å². The fourth-order valence-corrected chi connectivity index (χ4v) is 2.97. The molecule has 2 heterocycles. The lowest BCUT2D eigenvalue weighted by molar-refractivity contribution is 0.609. The quantitative estimate of drug-likeness (QED) is 0.666. The Morgan fingerprint density at radius 3 is 2.95 bits per heavy atom. The van der Waals surface area contributed by atoms with E-state index >= 15 is 0 Å². The van der Waals surface area contributed by atoms with Crippen LogP contribution < -0.4 is 11.1 Å². The lowest BCUT2D eigenvalue weighted by Gasteiger charge is -2.26. The fourth-order valence-electron chi connectivity index (χ4n) is 2.97. The number of hydrogen-bond acceptors (Lipinski definition) is 5. The van der Waals surface area contributed by atoms with Crippen LogP contribution in [-0.2, 0) is 12.8 Å². The topological polar surface area (TPSA) is 92.5 Å². The molecule has 0 amide bonds. The average Bonchev–Trinajstić information content (AvgIpc) is 2.95. The van der Waals surface area contributed by atoms with E-state index in [0.717, 1.165) is 30.6 Å². The van der Waals surface area contributed by atoms with Crippen LogP contribution in [0.5, 0.6) is 0 Å². The third-order valence-corrected chi connectivity index (χ3v) is 3.99. The lowest BCUT2D eigenvalue weighted by Crippen LogP contribution is -2.28. The molecule has 6 nitrogen and oxygen atoms in total. The van der Waals surface area contributed by atoms with Gasteiger partial charge in [0.25, 0.3) is 0 Å².